The van der Waals surface area contributed by atoms with E-state index in [-0.39, 0.29) is 5.91 Å². The third-order valence-electron chi connectivity index (χ3n) is 3.81. The van der Waals surface area contributed by atoms with Gasteiger partial charge in [0.05, 0.1) is 17.4 Å². The fraction of sp³-hybridized carbons (Fsp3) is 0.467. The minimum Gasteiger partial charge on any atom is -0.302 e. The first-order chi connectivity index (χ1) is 11.4. The molecule has 0 radical (unpaired) electrons. The molecule has 0 atom stereocenters. The molecule has 0 saturated heterocycles. The predicted octanol–water partition coefficient (Wildman–Crippen LogP) is 2.48. The number of thiazole rings is 1. The molecule has 2 aromatic heterocycles. The second-order valence-corrected chi connectivity index (χ2v) is 10.5. The summed E-state index contributed by atoms with van der Waals surface area (Å²) in [5.74, 6) is -0.102. The van der Waals surface area contributed by atoms with Crippen LogP contribution in [-0.2, 0) is 34.2 Å². The molecule has 6 nitrogen and oxygen atoms in total. The van der Waals surface area contributed by atoms with E-state index < -0.39 is 15.3 Å². The molecule has 1 N–H and O–H groups in total. The molecule has 0 fully saturated rings. The van der Waals surface area contributed by atoms with Gasteiger partial charge in [-0.15, -0.1) is 22.7 Å². The van der Waals surface area contributed by atoms with Gasteiger partial charge in [0.2, 0.25) is 15.9 Å². The number of nitrogens with one attached hydrogen (secondary N) is 1. The second-order valence-electron chi connectivity index (χ2n) is 5.87. The Balaban J connectivity index is 1.68. The van der Waals surface area contributed by atoms with Crippen molar-refractivity contribution >= 4 is 43.7 Å². The number of carbonyl (C=O) groups excluding carboxylic acids is 1. The Morgan fingerprint density at radius 2 is 2.25 bits per heavy atom. The number of carbonyl (C=O) groups is 1. The van der Waals surface area contributed by atoms with Crippen LogP contribution in [-0.4, -0.2) is 35.4 Å². The topological polar surface area (TPSA) is 79.4 Å². The molecule has 2 aromatic rings. The lowest BCUT2D eigenvalue weighted by molar-refractivity contribution is -0.115. The number of thiophene rings is 1. The van der Waals surface area contributed by atoms with Gasteiger partial charge in [-0.05, 0) is 25.3 Å². The lowest BCUT2D eigenvalue weighted by atomic mass is 10.2. The van der Waals surface area contributed by atoms with Crippen LogP contribution < -0.4 is 5.32 Å². The highest BCUT2D eigenvalue weighted by molar-refractivity contribution is 7.89. The number of anilines is 1. The average molecular weight is 386 g/mol. The normalized spacial score (nSPS) is 15.5. The standard InChI is InChI=1S/C15H19N3O3S3/c1-10(2)24(20,21)18-6-5-12-13(9-18)23-15(16-12)17-14(19)8-11-4-3-7-22-11/h3-4,7,10H,5-6,8-9H2,1-2H3,(H,16,17,19). The van der Waals surface area contributed by atoms with Crippen molar-refractivity contribution in [3.05, 3.63) is 33.0 Å². The minimum atomic E-state index is -3.26. The van der Waals surface area contributed by atoms with E-state index in [1.165, 1.54) is 15.6 Å². The van der Waals surface area contributed by atoms with E-state index in [1.807, 2.05) is 17.5 Å². The van der Waals surface area contributed by atoms with Crippen LogP contribution in [0.1, 0.15) is 29.3 Å². The molecule has 1 amide bonds. The Labute approximate surface area is 149 Å². The SMILES string of the molecule is CC(C)S(=O)(=O)N1CCc2nc(NC(=O)Cc3cccs3)sc2C1. The van der Waals surface area contributed by atoms with E-state index in [1.54, 1.807) is 25.2 Å². The molecule has 1 aliphatic rings. The van der Waals surface area contributed by atoms with Crippen molar-refractivity contribution in [3.63, 3.8) is 0 Å². The van der Waals surface area contributed by atoms with Gasteiger partial charge in [0.1, 0.15) is 0 Å². The van der Waals surface area contributed by atoms with Crippen LogP contribution >= 0.6 is 22.7 Å². The summed E-state index contributed by atoms with van der Waals surface area (Å²) >= 11 is 2.91. The summed E-state index contributed by atoms with van der Waals surface area (Å²) in [5.41, 5.74) is 0.890. The van der Waals surface area contributed by atoms with Crippen molar-refractivity contribution in [3.8, 4) is 0 Å². The second kappa shape index (κ2) is 6.91. The fourth-order valence-electron chi connectivity index (χ4n) is 2.48. The highest BCUT2D eigenvalue weighted by atomic mass is 32.2. The molecule has 0 bridgehead atoms. The molecule has 1 aliphatic heterocycles. The van der Waals surface area contributed by atoms with Crippen LogP contribution in [0.15, 0.2) is 17.5 Å². The lowest BCUT2D eigenvalue weighted by Gasteiger charge is -2.26. The molecule has 0 aromatic carbocycles. The average Bonchev–Trinajstić information content (AvgIpc) is 3.14. The number of fused-ring (bicyclic) bond motifs is 1. The maximum Gasteiger partial charge on any atom is 0.231 e. The number of rotatable bonds is 5. The molecule has 0 saturated carbocycles. The van der Waals surface area contributed by atoms with Crippen LogP contribution in [0.2, 0.25) is 0 Å². The van der Waals surface area contributed by atoms with Crippen LogP contribution in [0, 0.1) is 0 Å². The van der Waals surface area contributed by atoms with Crippen molar-refractivity contribution in [1.29, 1.82) is 0 Å². The highest BCUT2D eigenvalue weighted by Crippen LogP contribution is 2.30. The molecule has 3 rings (SSSR count). The molecule has 0 spiro atoms. The third-order valence-corrected chi connectivity index (χ3v) is 7.91. The number of sulfonamides is 1. The van der Waals surface area contributed by atoms with Crippen molar-refractivity contribution in [2.24, 2.45) is 0 Å². The number of aromatic nitrogens is 1. The number of nitrogens with zero attached hydrogens (tertiary/aromatic N) is 2. The Hall–Kier alpha value is -1.29. The zero-order valence-corrected chi connectivity index (χ0v) is 15.9. The van der Waals surface area contributed by atoms with Crippen molar-refractivity contribution in [2.45, 2.75) is 38.5 Å². The van der Waals surface area contributed by atoms with Gasteiger partial charge < -0.3 is 5.32 Å². The Bertz CT molecular complexity index is 826. The van der Waals surface area contributed by atoms with Crippen molar-refractivity contribution in [2.75, 3.05) is 11.9 Å². The van der Waals surface area contributed by atoms with Crippen molar-refractivity contribution in [1.82, 2.24) is 9.29 Å². The first-order valence-electron chi connectivity index (χ1n) is 7.66. The summed E-state index contributed by atoms with van der Waals surface area (Å²) in [6, 6.07) is 3.84. The maximum atomic E-state index is 12.3. The Kier molecular flexibility index (Phi) is 5.05. The fourth-order valence-corrected chi connectivity index (χ4v) is 5.55. The van der Waals surface area contributed by atoms with Gasteiger partial charge in [-0.25, -0.2) is 13.4 Å². The van der Waals surface area contributed by atoms with Crippen LogP contribution in [0.3, 0.4) is 0 Å². The zero-order chi connectivity index (χ0) is 17.3. The van der Waals surface area contributed by atoms with Gasteiger partial charge in [0, 0.05) is 29.3 Å². The summed E-state index contributed by atoms with van der Waals surface area (Å²) in [7, 11) is -3.26. The summed E-state index contributed by atoms with van der Waals surface area (Å²) in [6.45, 7) is 4.16. The monoisotopic (exact) mass is 385 g/mol. The highest BCUT2D eigenvalue weighted by Gasteiger charge is 2.31. The summed E-state index contributed by atoms with van der Waals surface area (Å²) in [4.78, 5) is 18.4. The van der Waals surface area contributed by atoms with Gasteiger partial charge in [-0.3, -0.25) is 4.79 Å². The van der Waals surface area contributed by atoms with E-state index in [4.69, 9.17) is 0 Å². The van der Waals surface area contributed by atoms with Crippen molar-refractivity contribution < 1.29 is 13.2 Å². The van der Waals surface area contributed by atoms with Gasteiger partial charge in [0.25, 0.3) is 0 Å². The third kappa shape index (κ3) is 3.69. The minimum absolute atomic E-state index is 0.102. The molecule has 0 aliphatic carbocycles. The first-order valence-corrected chi connectivity index (χ1v) is 10.9. The maximum absolute atomic E-state index is 12.3. The summed E-state index contributed by atoms with van der Waals surface area (Å²) in [5, 5.41) is 4.87. The molecular weight excluding hydrogens is 366 g/mol. The van der Waals surface area contributed by atoms with Crippen LogP contribution in [0.4, 0.5) is 5.13 Å². The number of amides is 1. The van der Waals surface area contributed by atoms with E-state index in [9.17, 15) is 13.2 Å². The Morgan fingerprint density at radius 3 is 2.92 bits per heavy atom. The zero-order valence-electron chi connectivity index (χ0n) is 13.5. The first kappa shape index (κ1) is 17.5. The van der Waals surface area contributed by atoms with Crippen LogP contribution in [0.25, 0.3) is 0 Å². The number of hydrogen-bond acceptors (Lipinski definition) is 6. The lowest BCUT2D eigenvalue weighted by Crippen LogP contribution is -2.39. The molecule has 9 heteroatoms. The molecular formula is C15H19N3O3S3. The quantitative estimate of drug-likeness (QED) is 0.857. The molecule has 130 valence electrons. The van der Waals surface area contributed by atoms with E-state index >= 15 is 0 Å². The van der Waals surface area contributed by atoms with Gasteiger partial charge in [-0.1, -0.05) is 6.07 Å². The molecule has 0 unspecified atom stereocenters. The molecule has 24 heavy (non-hydrogen) atoms. The van der Waals surface area contributed by atoms with E-state index in [0.29, 0.717) is 31.1 Å². The Morgan fingerprint density at radius 1 is 1.46 bits per heavy atom. The van der Waals surface area contributed by atoms with Crippen LogP contribution in [0.5, 0.6) is 0 Å². The summed E-state index contributed by atoms with van der Waals surface area (Å²) in [6.07, 6.45) is 0.911. The number of hydrogen-bond donors (Lipinski definition) is 1. The van der Waals surface area contributed by atoms with Gasteiger partial charge >= 0.3 is 0 Å². The summed E-state index contributed by atoms with van der Waals surface area (Å²) < 4.78 is 26.1. The largest absolute Gasteiger partial charge is 0.302 e. The van der Waals surface area contributed by atoms with E-state index in [2.05, 4.69) is 10.3 Å². The van der Waals surface area contributed by atoms with E-state index in [0.717, 1.165) is 15.4 Å². The smallest absolute Gasteiger partial charge is 0.231 e. The van der Waals surface area contributed by atoms with Gasteiger partial charge in [-0.2, -0.15) is 4.31 Å². The van der Waals surface area contributed by atoms with Gasteiger partial charge in [0.15, 0.2) is 5.13 Å². The predicted molar refractivity (Wildman–Crippen MR) is 96.9 cm³/mol. The molecule has 3 heterocycles.